The fraction of sp³-hybridized carbons (Fsp3) is 0.364. The molecule has 0 saturated carbocycles. The predicted octanol–water partition coefficient (Wildman–Crippen LogP) is 1.99. The standard InChI is InChI=1S/C11H14N4OS/c1-3-14(4-2)10-12-13-11(17-10)15-7-5-6-9(15)8-16/h5-8H,3-4H2,1-2H3. The van der Waals surface area contributed by atoms with Crippen LogP contribution in [0.1, 0.15) is 24.3 Å². The van der Waals surface area contributed by atoms with Crippen LogP contribution in [0.2, 0.25) is 0 Å². The molecule has 0 saturated heterocycles. The van der Waals surface area contributed by atoms with Crippen molar-refractivity contribution in [3.8, 4) is 5.13 Å². The number of hydrogen-bond acceptors (Lipinski definition) is 5. The number of carbonyl (C=O) groups is 1. The van der Waals surface area contributed by atoms with Gasteiger partial charge in [0.15, 0.2) is 6.29 Å². The molecule has 90 valence electrons. The first-order valence-corrected chi connectivity index (χ1v) is 6.33. The minimum Gasteiger partial charge on any atom is -0.347 e. The van der Waals surface area contributed by atoms with Crippen molar-refractivity contribution in [2.45, 2.75) is 13.8 Å². The number of nitrogens with zero attached hydrogens (tertiary/aromatic N) is 4. The van der Waals surface area contributed by atoms with E-state index in [4.69, 9.17) is 0 Å². The molecule has 0 aliphatic rings. The number of hydrogen-bond donors (Lipinski definition) is 0. The Morgan fingerprint density at radius 3 is 2.82 bits per heavy atom. The Bertz CT molecular complexity index is 501. The quantitative estimate of drug-likeness (QED) is 0.761. The number of rotatable bonds is 5. The van der Waals surface area contributed by atoms with Crippen LogP contribution in [0.4, 0.5) is 5.13 Å². The summed E-state index contributed by atoms with van der Waals surface area (Å²) >= 11 is 1.49. The van der Waals surface area contributed by atoms with E-state index in [9.17, 15) is 4.79 Å². The third-order valence-corrected chi connectivity index (χ3v) is 3.53. The van der Waals surface area contributed by atoms with E-state index in [0.717, 1.165) is 29.6 Å². The van der Waals surface area contributed by atoms with Gasteiger partial charge >= 0.3 is 0 Å². The molecule has 2 heterocycles. The highest BCUT2D eigenvalue weighted by Crippen LogP contribution is 2.23. The van der Waals surface area contributed by atoms with Crippen molar-refractivity contribution in [2.24, 2.45) is 0 Å². The summed E-state index contributed by atoms with van der Waals surface area (Å²) in [7, 11) is 0. The molecular weight excluding hydrogens is 236 g/mol. The molecule has 0 radical (unpaired) electrons. The van der Waals surface area contributed by atoms with Crippen LogP contribution < -0.4 is 4.90 Å². The first-order valence-electron chi connectivity index (χ1n) is 5.51. The molecule has 0 bridgehead atoms. The van der Waals surface area contributed by atoms with Gasteiger partial charge in [-0.05, 0) is 26.0 Å². The van der Waals surface area contributed by atoms with Crippen molar-refractivity contribution >= 4 is 22.8 Å². The Morgan fingerprint density at radius 2 is 2.18 bits per heavy atom. The summed E-state index contributed by atoms with van der Waals surface area (Å²) in [4.78, 5) is 13.0. The van der Waals surface area contributed by atoms with E-state index in [1.165, 1.54) is 11.3 Å². The van der Waals surface area contributed by atoms with Crippen LogP contribution in [-0.2, 0) is 0 Å². The zero-order valence-electron chi connectivity index (χ0n) is 9.83. The van der Waals surface area contributed by atoms with Crippen LogP contribution in [0.15, 0.2) is 18.3 Å². The van der Waals surface area contributed by atoms with Gasteiger partial charge in [0.05, 0.1) is 5.69 Å². The molecule has 17 heavy (non-hydrogen) atoms. The van der Waals surface area contributed by atoms with Gasteiger partial charge in [-0.15, -0.1) is 10.2 Å². The van der Waals surface area contributed by atoms with Crippen molar-refractivity contribution in [3.05, 3.63) is 24.0 Å². The molecule has 0 aliphatic heterocycles. The lowest BCUT2D eigenvalue weighted by molar-refractivity contribution is 0.111. The molecule has 5 nitrogen and oxygen atoms in total. The number of carbonyl (C=O) groups excluding carboxylic acids is 1. The van der Waals surface area contributed by atoms with Gasteiger partial charge in [-0.3, -0.25) is 9.36 Å². The highest BCUT2D eigenvalue weighted by molar-refractivity contribution is 7.17. The molecule has 0 aliphatic carbocycles. The maximum atomic E-state index is 10.8. The molecule has 0 N–H and O–H groups in total. The van der Waals surface area contributed by atoms with Crippen molar-refractivity contribution in [1.29, 1.82) is 0 Å². The molecule has 2 aromatic rings. The lowest BCUT2D eigenvalue weighted by atomic mass is 10.5. The normalized spacial score (nSPS) is 10.5. The fourth-order valence-corrected chi connectivity index (χ4v) is 2.57. The Labute approximate surface area is 104 Å². The molecule has 0 unspecified atom stereocenters. The minimum absolute atomic E-state index is 0.590. The zero-order chi connectivity index (χ0) is 12.3. The fourth-order valence-electron chi connectivity index (χ4n) is 1.59. The monoisotopic (exact) mass is 250 g/mol. The maximum Gasteiger partial charge on any atom is 0.218 e. The average Bonchev–Trinajstić information content (AvgIpc) is 2.98. The van der Waals surface area contributed by atoms with Gasteiger partial charge in [-0.25, -0.2) is 0 Å². The van der Waals surface area contributed by atoms with Gasteiger partial charge in [0.2, 0.25) is 10.3 Å². The van der Waals surface area contributed by atoms with E-state index >= 15 is 0 Å². The molecule has 0 amide bonds. The molecule has 2 rings (SSSR count). The van der Waals surface area contributed by atoms with E-state index in [2.05, 4.69) is 28.9 Å². The summed E-state index contributed by atoms with van der Waals surface area (Å²) < 4.78 is 1.75. The topological polar surface area (TPSA) is 51.0 Å². The van der Waals surface area contributed by atoms with Crippen LogP contribution >= 0.6 is 11.3 Å². The van der Waals surface area contributed by atoms with Crippen LogP contribution in [0, 0.1) is 0 Å². The van der Waals surface area contributed by atoms with Gasteiger partial charge in [0.25, 0.3) is 0 Å². The minimum atomic E-state index is 0.590. The Balaban J connectivity index is 2.32. The predicted molar refractivity (Wildman–Crippen MR) is 68.2 cm³/mol. The van der Waals surface area contributed by atoms with Crippen molar-refractivity contribution in [3.63, 3.8) is 0 Å². The van der Waals surface area contributed by atoms with E-state index in [1.54, 1.807) is 10.6 Å². The third-order valence-electron chi connectivity index (χ3n) is 2.54. The van der Waals surface area contributed by atoms with Gasteiger partial charge in [0.1, 0.15) is 0 Å². The summed E-state index contributed by atoms with van der Waals surface area (Å²) in [5.41, 5.74) is 0.590. The van der Waals surface area contributed by atoms with Crippen LogP contribution in [0.25, 0.3) is 5.13 Å². The van der Waals surface area contributed by atoms with Crippen LogP contribution in [0.3, 0.4) is 0 Å². The summed E-state index contributed by atoms with van der Waals surface area (Å²) in [6.45, 7) is 5.96. The molecular formula is C11H14N4OS. The van der Waals surface area contributed by atoms with Crippen molar-refractivity contribution < 1.29 is 4.79 Å². The summed E-state index contributed by atoms with van der Waals surface area (Å²) in [5.74, 6) is 0. The van der Waals surface area contributed by atoms with E-state index in [1.807, 2.05) is 12.3 Å². The molecule has 0 fully saturated rings. The van der Waals surface area contributed by atoms with Gasteiger partial charge in [-0.1, -0.05) is 11.3 Å². The first-order chi connectivity index (χ1) is 8.30. The smallest absolute Gasteiger partial charge is 0.218 e. The van der Waals surface area contributed by atoms with Gasteiger partial charge in [0, 0.05) is 19.3 Å². The Hall–Kier alpha value is -1.69. The Kier molecular flexibility index (Phi) is 3.53. The van der Waals surface area contributed by atoms with Crippen LogP contribution in [-0.4, -0.2) is 34.1 Å². The lowest BCUT2D eigenvalue weighted by Crippen LogP contribution is -2.21. The summed E-state index contributed by atoms with van der Waals surface area (Å²) in [6.07, 6.45) is 2.63. The van der Waals surface area contributed by atoms with Crippen molar-refractivity contribution in [2.75, 3.05) is 18.0 Å². The highest BCUT2D eigenvalue weighted by atomic mass is 32.1. The average molecular weight is 250 g/mol. The molecule has 0 aromatic carbocycles. The molecule has 2 aromatic heterocycles. The van der Waals surface area contributed by atoms with E-state index in [-0.39, 0.29) is 0 Å². The summed E-state index contributed by atoms with van der Waals surface area (Å²) in [5, 5.41) is 9.87. The van der Waals surface area contributed by atoms with E-state index < -0.39 is 0 Å². The number of aldehydes is 1. The third kappa shape index (κ3) is 2.21. The second-order valence-electron chi connectivity index (χ2n) is 3.46. The van der Waals surface area contributed by atoms with Crippen molar-refractivity contribution in [1.82, 2.24) is 14.8 Å². The molecule has 0 spiro atoms. The molecule has 6 heteroatoms. The number of aromatic nitrogens is 3. The summed E-state index contributed by atoms with van der Waals surface area (Å²) in [6, 6.07) is 3.58. The number of anilines is 1. The maximum absolute atomic E-state index is 10.8. The SMILES string of the molecule is CCN(CC)c1nnc(-n2cccc2C=O)s1. The van der Waals surface area contributed by atoms with E-state index in [0.29, 0.717) is 5.69 Å². The molecule has 0 atom stereocenters. The highest BCUT2D eigenvalue weighted by Gasteiger charge is 2.12. The van der Waals surface area contributed by atoms with Gasteiger partial charge in [-0.2, -0.15) is 0 Å². The second kappa shape index (κ2) is 5.09. The Morgan fingerprint density at radius 1 is 1.41 bits per heavy atom. The largest absolute Gasteiger partial charge is 0.347 e. The zero-order valence-corrected chi connectivity index (χ0v) is 10.6. The first kappa shape index (κ1) is 11.8. The lowest BCUT2D eigenvalue weighted by Gasteiger charge is -2.15. The van der Waals surface area contributed by atoms with Crippen LogP contribution in [0.5, 0.6) is 0 Å². The second-order valence-corrected chi connectivity index (χ2v) is 4.39. The van der Waals surface area contributed by atoms with Gasteiger partial charge < -0.3 is 4.90 Å².